The third kappa shape index (κ3) is 7.75. The first-order valence-electron chi connectivity index (χ1n) is 9.04. The van der Waals surface area contributed by atoms with Crippen LogP contribution in [0.3, 0.4) is 0 Å². The number of guanidine groups is 1. The number of aliphatic carboxylic acids is 1. The number of amides is 1. The minimum atomic E-state index is -0.796. The molecule has 0 aliphatic heterocycles. The summed E-state index contributed by atoms with van der Waals surface area (Å²) in [5.74, 6) is -1.26. The summed E-state index contributed by atoms with van der Waals surface area (Å²) >= 11 is 1.19. The zero-order valence-electron chi connectivity index (χ0n) is 15.5. The summed E-state index contributed by atoms with van der Waals surface area (Å²) in [5, 5.41) is 23.6. The first kappa shape index (κ1) is 21.4. The average Bonchev–Trinajstić information content (AvgIpc) is 3.11. The molecular formula is C19H25N5O3S. The lowest BCUT2D eigenvalue weighted by molar-refractivity contribution is -0.138. The van der Waals surface area contributed by atoms with E-state index in [4.69, 9.17) is 16.2 Å². The Morgan fingerprint density at radius 1 is 1.25 bits per heavy atom. The number of rotatable bonds is 11. The third-order valence-corrected chi connectivity index (χ3v) is 4.96. The first-order chi connectivity index (χ1) is 13.4. The number of carbonyl (C=O) groups excluding carboxylic acids is 1. The van der Waals surface area contributed by atoms with Crippen LogP contribution in [0, 0.1) is 11.3 Å². The van der Waals surface area contributed by atoms with E-state index in [9.17, 15) is 9.59 Å². The number of nitrogens with one attached hydrogen (secondary N) is 3. The van der Waals surface area contributed by atoms with Crippen LogP contribution in [0.4, 0.5) is 5.13 Å². The molecule has 8 nitrogen and oxygen atoms in total. The third-order valence-electron chi connectivity index (χ3n) is 4.20. The van der Waals surface area contributed by atoms with Gasteiger partial charge in [-0.1, -0.05) is 30.3 Å². The van der Waals surface area contributed by atoms with Gasteiger partial charge >= 0.3 is 5.97 Å². The van der Waals surface area contributed by atoms with Gasteiger partial charge in [0.25, 0.3) is 5.91 Å². The Bertz CT molecular complexity index is 794. The molecule has 2 aromatic rings. The van der Waals surface area contributed by atoms with Gasteiger partial charge in [-0.3, -0.25) is 15.0 Å². The van der Waals surface area contributed by atoms with Crippen molar-refractivity contribution in [1.29, 1.82) is 5.41 Å². The Morgan fingerprint density at radius 3 is 2.68 bits per heavy atom. The van der Waals surface area contributed by atoms with Gasteiger partial charge in [-0.2, -0.15) is 0 Å². The van der Waals surface area contributed by atoms with Crippen LogP contribution >= 0.6 is 11.3 Å². The average molecular weight is 404 g/mol. The van der Waals surface area contributed by atoms with E-state index in [-0.39, 0.29) is 29.9 Å². The van der Waals surface area contributed by atoms with Crippen LogP contribution in [-0.4, -0.2) is 34.5 Å². The van der Waals surface area contributed by atoms with Crippen LogP contribution < -0.4 is 16.4 Å². The lowest BCUT2D eigenvalue weighted by Gasteiger charge is -2.15. The lowest BCUT2D eigenvalue weighted by Crippen LogP contribution is -2.25. The van der Waals surface area contributed by atoms with Crippen molar-refractivity contribution in [3.63, 3.8) is 0 Å². The summed E-state index contributed by atoms with van der Waals surface area (Å²) < 4.78 is 0. The molecule has 2 rings (SSSR count). The molecule has 0 radical (unpaired) electrons. The van der Waals surface area contributed by atoms with E-state index in [1.165, 1.54) is 16.9 Å². The maximum Gasteiger partial charge on any atom is 0.303 e. The van der Waals surface area contributed by atoms with Crippen molar-refractivity contribution in [2.24, 2.45) is 11.7 Å². The second-order valence-corrected chi connectivity index (χ2v) is 7.32. The molecule has 1 heterocycles. The molecule has 1 aromatic heterocycles. The van der Waals surface area contributed by atoms with Crippen molar-refractivity contribution in [2.75, 3.05) is 11.9 Å². The van der Waals surface area contributed by atoms with Gasteiger partial charge < -0.3 is 21.5 Å². The zero-order valence-corrected chi connectivity index (χ0v) is 16.3. The van der Waals surface area contributed by atoms with Gasteiger partial charge in [0, 0.05) is 18.3 Å². The highest BCUT2D eigenvalue weighted by Gasteiger charge is 2.14. The van der Waals surface area contributed by atoms with E-state index in [0.29, 0.717) is 18.1 Å². The molecule has 150 valence electrons. The Labute approximate surface area is 167 Å². The molecule has 9 heteroatoms. The molecule has 0 bridgehead atoms. The molecule has 0 aliphatic carbocycles. The highest BCUT2D eigenvalue weighted by Crippen LogP contribution is 2.19. The predicted molar refractivity (Wildman–Crippen MR) is 110 cm³/mol. The number of hydrogen-bond donors (Lipinski definition) is 5. The zero-order chi connectivity index (χ0) is 20.4. The lowest BCUT2D eigenvalue weighted by atomic mass is 9.92. The van der Waals surface area contributed by atoms with Crippen LogP contribution in [0.2, 0.25) is 0 Å². The molecule has 0 saturated carbocycles. The van der Waals surface area contributed by atoms with E-state index >= 15 is 0 Å². The number of carbonyl (C=O) groups is 2. The number of carboxylic acid groups (broad SMARTS) is 1. The second kappa shape index (κ2) is 11.0. The van der Waals surface area contributed by atoms with Crippen molar-refractivity contribution < 1.29 is 14.7 Å². The number of carboxylic acids is 1. The molecule has 1 unspecified atom stereocenters. The van der Waals surface area contributed by atoms with E-state index < -0.39 is 5.97 Å². The van der Waals surface area contributed by atoms with Crippen molar-refractivity contribution >= 4 is 34.3 Å². The van der Waals surface area contributed by atoms with Crippen molar-refractivity contribution in [3.8, 4) is 0 Å². The number of thiazole rings is 1. The highest BCUT2D eigenvalue weighted by molar-refractivity contribution is 7.14. The molecule has 0 spiro atoms. The number of nitrogens with two attached hydrogens (primary N) is 1. The fourth-order valence-corrected chi connectivity index (χ4v) is 3.55. The second-order valence-electron chi connectivity index (χ2n) is 6.46. The van der Waals surface area contributed by atoms with Crippen LogP contribution in [0.5, 0.6) is 0 Å². The fourth-order valence-electron chi connectivity index (χ4n) is 2.84. The minimum Gasteiger partial charge on any atom is -0.481 e. The fraction of sp³-hybridized carbons (Fsp3) is 0.368. The molecule has 28 heavy (non-hydrogen) atoms. The normalized spacial score (nSPS) is 11.6. The van der Waals surface area contributed by atoms with Crippen LogP contribution in [0.15, 0.2) is 35.7 Å². The van der Waals surface area contributed by atoms with Gasteiger partial charge in [-0.15, -0.1) is 11.3 Å². The molecule has 1 aromatic carbocycles. The summed E-state index contributed by atoms with van der Waals surface area (Å²) in [6.07, 6.45) is 3.20. The molecule has 1 atom stereocenters. The summed E-state index contributed by atoms with van der Waals surface area (Å²) in [5.41, 5.74) is 6.69. The van der Waals surface area contributed by atoms with Gasteiger partial charge in [0.1, 0.15) is 5.69 Å². The Morgan fingerprint density at radius 2 is 2.00 bits per heavy atom. The van der Waals surface area contributed by atoms with Crippen molar-refractivity contribution in [1.82, 2.24) is 10.3 Å². The van der Waals surface area contributed by atoms with Crippen molar-refractivity contribution in [3.05, 3.63) is 47.0 Å². The maximum absolute atomic E-state index is 12.1. The van der Waals surface area contributed by atoms with Gasteiger partial charge in [-0.25, -0.2) is 4.98 Å². The van der Waals surface area contributed by atoms with E-state index in [1.54, 1.807) is 5.38 Å². The quantitative estimate of drug-likeness (QED) is 0.222. The van der Waals surface area contributed by atoms with Gasteiger partial charge in [0.15, 0.2) is 11.1 Å². The number of nitrogens with zero attached hydrogens (tertiary/aromatic N) is 1. The summed E-state index contributed by atoms with van der Waals surface area (Å²) in [7, 11) is 0. The Hall–Kier alpha value is -2.94. The Balaban J connectivity index is 1.74. The summed E-state index contributed by atoms with van der Waals surface area (Å²) in [6.45, 7) is 0.452. The van der Waals surface area contributed by atoms with Gasteiger partial charge in [0.05, 0.1) is 0 Å². The number of anilines is 1. The van der Waals surface area contributed by atoms with E-state index in [0.717, 1.165) is 19.3 Å². The smallest absolute Gasteiger partial charge is 0.303 e. The molecule has 6 N–H and O–H groups in total. The SMILES string of the molecule is N=C(N)Nc1nc(C(=O)NCCCC(CCc2ccccc2)CC(=O)O)cs1. The number of aryl methyl sites for hydroxylation is 1. The molecule has 1 amide bonds. The van der Waals surface area contributed by atoms with Crippen LogP contribution in [0.25, 0.3) is 0 Å². The Kier molecular flexibility index (Phi) is 8.41. The van der Waals surface area contributed by atoms with E-state index in [1.807, 2.05) is 30.3 Å². The number of aromatic nitrogens is 1. The predicted octanol–water partition coefficient (Wildman–Crippen LogP) is 2.68. The molecule has 0 aliphatic rings. The summed E-state index contributed by atoms with van der Waals surface area (Å²) in [6, 6.07) is 10.0. The monoisotopic (exact) mass is 403 g/mol. The highest BCUT2D eigenvalue weighted by atomic mass is 32.1. The maximum atomic E-state index is 12.1. The largest absolute Gasteiger partial charge is 0.481 e. The first-order valence-corrected chi connectivity index (χ1v) is 9.92. The molecule has 0 fully saturated rings. The van der Waals surface area contributed by atoms with E-state index in [2.05, 4.69) is 15.6 Å². The number of hydrogen-bond acceptors (Lipinski definition) is 5. The topological polar surface area (TPSA) is 141 Å². The van der Waals surface area contributed by atoms with Gasteiger partial charge in [-0.05, 0) is 37.2 Å². The minimum absolute atomic E-state index is 0.0697. The number of benzene rings is 1. The van der Waals surface area contributed by atoms with Gasteiger partial charge in [0.2, 0.25) is 0 Å². The van der Waals surface area contributed by atoms with Crippen molar-refractivity contribution in [2.45, 2.75) is 32.1 Å². The summed E-state index contributed by atoms with van der Waals surface area (Å²) in [4.78, 5) is 27.3. The van der Waals surface area contributed by atoms with Crippen LogP contribution in [-0.2, 0) is 11.2 Å². The standard InChI is InChI=1S/C19H25N5O3S/c20-18(21)24-19-23-15(12-28-19)17(27)22-10-4-7-14(11-16(25)26)9-8-13-5-2-1-3-6-13/h1-3,5-6,12,14H,4,7-11H2,(H,22,27)(H,25,26)(H4,20,21,23,24). The van der Waals surface area contributed by atoms with Crippen LogP contribution in [0.1, 0.15) is 41.7 Å². The molecular weight excluding hydrogens is 378 g/mol. The molecule has 0 saturated heterocycles.